The van der Waals surface area contributed by atoms with Gasteiger partial charge in [0.05, 0.1) is 23.0 Å². The van der Waals surface area contributed by atoms with Crippen molar-refractivity contribution in [3.05, 3.63) is 46.6 Å². The Balaban J connectivity index is 1.61. The maximum absolute atomic E-state index is 9.68. The fraction of sp³-hybridized carbons (Fsp3) is 0.235. The molecule has 0 radical (unpaired) electrons. The van der Waals surface area contributed by atoms with E-state index in [0.717, 1.165) is 39.0 Å². The first-order valence-corrected chi connectivity index (χ1v) is 8.96. The molecule has 25 heavy (non-hydrogen) atoms. The summed E-state index contributed by atoms with van der Waals surface area (Å²) in [5.41, 5.74) is 5.01. The Hall–Kier alpha value is -2.29. The molecule has 0 fully saturated rings. The summed E-state index contributed by atoms with van der Waals surface area (Å²) in [5.74, 6) is 0.797. The number of hydrazone groups is 1. The van der Waals surface area contributed by atoms with E-state index in [-0.39, 0.29) is 0 Å². The van der Waals surface area contributed by atoms with Gasteiger partial charge in [0.15, 0.2) is 5.82 Å². The normalized spacial score (nSPS) is 13.8. The highest BCUT2D eigenvalue weighted by Crippen LogP contribution is 2.31. The number of hydrogen-bond donors (Lipinski definition) is 1. The van der Waals surface area contributed by atoms with Crippen molar-refractivity contribution in [3.8, 4) is 0 Å². The Kier molecular flexibility index (Phi) is 4.24. The molecule has 8 heteroatoms. The van der Waals surface area contributed by atoms with Gasteiger partial charge in [0.2, 0.25) is 0 Å². The van der Waals surface area contributed by atoms with Crippen LogP contribution in [0.4, 0.5) is 5.82 Å². The average Bonchev–Trinajstić information content (AvgIpc) is 3.22. The zero-order valence-electron chi connectivity index (χ0n) is 14.0. The number of benzene rings is 1. The number of thiophene rings is 1. The standard InChI is InChI=1S/C17H17BN4O2S/c1-3-12-9-25-16-15(12)19-10-20-17(16)22(2)21-7-11-4-5-14-13(6-11)8-24-18(14)23/h4-7,9-10,23H,3,8H2,1-2H3/b21-7+. The fourth-order valence-electron chi connectivity index (χ4n) is 2.91. The Morgan fingerprint density at radius 3 is 3.16 bits per heavy atom. The van der Waals surface area contributed by atoms with Gasteiger partial charge in [0, 0.05) is 7.05 Å². The molecule has 0 saturated carbocycles. The minimum atomic E-state index is -0.815. The number of hydrogen-bond acceptors (Lipinski definition) is 7. The maximum atomic E-state index is 9.68. The molecule has 0 bridgehead atoms. The number of fused-ring (bicyclic) bond motifs is 2. The molecule has 1 N–H and O–H groups in total. The lowest BCUT2D eigenvalue weighted by atomic mass is 9.79. The van der Waals surface area contributed by atoms with Crippen LogP contribution in [0.2, 0.25) is 0 Å². The third-order valence-corrected chi connectivity index (χ3v) is 5.32. The third kappa shape index (κ3) is 2.93. The van der Waals surface area contributed by atoms with Crippen molar-refractivity contribution in [2.75, 3.05) is 12.1 Å². The van der Waals surface area contributed by atoms with Gasteiger partial charge in [-0.1, -0.05) is 19.1 Å². The molecule has 4 rings (SSSR count). The smallest absolute Gasteiger partial charge is 0.423 e. The second kappa shape index (κ2) is 6.55. The number of aryl methyl sites for hydroxylation is 1. The summed E-state index contributed by atoms with van der Waals surface area (Å²) < 4.78 is 6.27. The number of nitrogens with zero attached hydrogens (tertiary/aromatic N) is 4. The largest absolute Gasteiger partial charge is 0.491 e. The number of rotatable bonds is 4. The summed E-state index contributed by atoms with van der Waals surface area (Å²) in [4.78, 5) is 8.80. The Labute approximate surface area is 149 Å². The molecule has 0 amide bonds. The Morgan fingerprint density at radius 1 is 1.44 bits per heavy atom. The highest BCUT2D eigenvalue weighted by molar-refractivity contribution is 7.18. The van der Waals surface area contributed by atoms with Crippen LogP contribution < -0.4 is 10.5 Å². The first kappa shape index (κ1) is 16.2. The molecule has 0 saturated heterocycles. The zero-order chi connectivity index (χ0) is 17.4. The van der Waals surface area contributed by atoms with E-state index in [9.17, 15) is 5.02 Å². The van der Waals surface area contributed by atoms with E-state index in [4.69, 9.17) is 4.65 Å². The van der Waals surface area contributed by atoms with Crippen LogP contribution in [0.3, 0.4) is 0 Å². The Bertz CT molecular complexity index is 959. The fourth-order valence-corrected chi connectivity index (χ4v) is 4.03. The summed E-state index contributed by atoms with van der Waals surface area (Å²) >= 11 is 1.65. The van der Waals surface area contributed by atoms with Gasteiger partial charge in [-0.05, 0) is 40.0 Å². The second-order valence-corrected chi connectivity index (χ2v) is 6.76. The van der Waals surface area contributed by atoms with Crippen LogP contribution in [0.15, 0.2) is 35.0 Å². The number of aromatic nitrogens is 2. The lowest BCUT2D eigenvalue weighted by Crippen LogP contribution is -2.27. The highest BCUT2D eigenvalue weighted by atomic mass is 32.1. The monoisotopic (exact) mass is 352 g/mol. The molecule has 1 aliphatic rings. The molecule has 2 aromatic heterocycles. The van der Waals surface area contributed by atoms with Gasteiger partial charge in [-0.25, -0.2) is 15.0 Å². The van der Waals surface area contributed by atoms with Gasteiger partial charge in [0.25, 0.3) is 0 Å². The third-order valence-electron chi connectivity index (χ3n) is 4.31. The minimum absolute atomic E-state index is 0.426. The Morgan fingerprint density at radius 2 is 2.32 bits per heavy atom. The predicted octanol–water partition coefficient (Wildman–Crippen LogP) is 1.94. The van der Waals surface area contributed by atoms with Crippen molar-refractivity contribution in [1.29, 1.82) is 0 Å². The van der Waals surface area contributed by atoms with E-state index in [0.29, 0.717) is 6.61 Å². The van der Waals surface area contributed by atoms with Gasteiger partial charge in [-0.3, -0.25) is 0 Å². The van der Waals surface area contributed by atoms with Crippen LogP contribution in [-0.4, -0.2) is 35.4 Å². The molecule has 0 spiro atoms. The summed E-state index contributed by atoms with van der Waals surface area (Å²) in [6.07, 6.45) is 4.32. The molecule has 1 aliphatic heterocycles. The maximum Gasteiger partial charge on any atom is 0.491 e. The van der Waals surface area contributed by atoms with Crippen molar-refractivity contribution >= 4 is 46.2 Å². The van der Waals surface area contributed by atoms with Gasteiger partial charge in [0.1, 0.15) is 6.33 Å². The van der Waals surface area contributed by atoms with Crippen LogP contribution in [0.5, 0.6) is 0 Å². The first-order chi connectivity index (χ1) is 12.2. The molecular weight excluding hydrogens is 335 g/mol. The predicted molar refractivity (Wildman–Crippen MR) is 102 cm³/mol. The van der Waals surface area contributed by atoms with Crippen LogP contribution >= 0.6 is 11.3 Å². The zero-order valence-corrected chi connectivity index (χ0v) is 14.8. The van der Waals surface area contributed by atoms with Gasteiger partial charge >= 0.3 is 7.12 Å². The van der Waals surface area contributed by atoms with Crippen molar-refractivity contribution in [3.63, 3.8) is 0 Å². The van der Waals surface area contributed by atoms with E-state index < -0.39 is 7.12 Å². The molecule has 0 atom stereocenters. The molecule has 0 unspecified atom stereocenters. The first-order valence-electron chi connectivity index (χ1n) is 8.08. The van der Waals surface area contributed by atoms with Crippen molar-refractivity contribution in [1.82, 2.24) is 9.97 Å². The van der Waals surface area contributed by atoms with E-state index in [1.807, 2.05) is 25.2 Å². The van der Waals surface area contributed by atoms with Crippen LogP contribution in [0.1, 0.15) is 23.6 Å². The van der Waals surface area contributed by atoms with Crippen molar-refractivity contribution in [2.24, 2.45) is 5.10 Å². The van der Waals surface area contributed by atoms with Crippen LogP contribution in [0, 0.1) is 0 Å². The summed E-state index contributed by atoms with van der Waals surface area (Å²) in [6, 6.07) is 5.78. The lowest BCUT2D eigenvalue weighted by Gasteiger charge is -2.12. The van der Waals surface area contributed by atoms with Gasteiger partial charge in [-0.15, -0.1) is 11.3 Å². The molecule has 6 nitrogen and oxygen atoms in total. The molecule has 0 aliphatic carbocycles. The van der Waals surface area contributed by atoms with Crippen LogP contribution in [-0.2, 0) is 17.7 Å². The molecule has 126 valence electrons. The second-order valence-electron chi connectivity index (χ2n) is 5.88. The average molecular weight is 352 g/mol. The van der Waals surface area contributed by atoms with E-state index in [1.54, 1.807) is 28.9 Å². The van der Waals surface area contributed by atoms with Gasteiger partial charge < -0.3 is 9.68 Å². The molecular formula is C17H17BN4O2S. The molecule has 1 aromatic carbocycles. The topological polar surface area (TPSA) is 70.8 Å². The molecule has 3 heterocycles. The van der Waals surface area contributed by atoms with E-state index in [2.05, 4.69) is 27.4 Å². The van der Waals surface area contributed by atoms with E-state index in [1.165, 1.54) is 5.56 Å². The van der Waals surface area contributed by atoms with Gasteiger partial charge in [-0.2, -0.15) is 5.10 Å². The van der Waals surface area contributed by atoms with Crippen molar-refractivity contribution < 1.29 is 9.68 Å². The minimum Gasteiger partial charge on any atom is -0.423 e. The summed E-state index contributed by atoms with van der Waals surface area (Å²) in [7, 11) is 1.06. The summed E-state index contributed by atoms with van der Waals surface area (Å²) in [6.45, 7) is 2.55. The number of anilines is 1. The highest BCUT2D eigenvalue weighted by Gasteiger charge is 2.26. The van der Waals surface area contributed by atoms with Crippen LogP contribution in [0.25, 0.3) is 10.2 Å². The quantitative estimate of drug-likeness (QED) is 0.441. The SMILES string of the molecule is CCc1csc2c(N(C)/N=C/c3ccc4c(c3)COB4O)ncnc12. The summed E-state index contributed by atoms with van der Waals surface area (Å²) in [5, 5.41) is 18.1. The molecule has 3 aromatic rings. The lowest BCUT2D eigenvalue weighted by molar-refractivity contribution is 0.275. The van der Waals surface area contributed by atoms with Crippen molar-refractivity contribution in [2.45, 2.75) is 20.0 Å². The van der Waals surface area contributed by atoms with E-state index >= 15 is 0 Å².